The summed E-state index contributed by atoms with van der Waals surface area (Å²) in [5.41, 5.74) is 0. The molecular weight excluding hydrogens is 112 g/mol. The first-order chi connectivity index (χ1) is 3.27. The zero-order valence-electron chi connectivity index (χ0n) is 4.26. The number of rotatable bonds is 3. The van der Waals surface area contributed by atoms with Crippen molar-refractivity contribution in [1.82, 2.24) is 0 Å². The maximum absolute atomic E-state index is 9.78. The number of thiol groups is 1. The fourth-order valence-electron chi connectivity index (χ4n) is 0.235. The van der Waals surface area contributed by atoms with E-state index in [1.54, 1.807) is 0 Å². The van der Waals surface area contributed by atoms with Crippen molar-refractivity contribution in [3.8, 4) is 0 Å². The van der Waals surface area contributed by atoms with Gasteiger partial charge < -0.3 is 0 Å². The molecule has 7 heavy (non-hydrogen) atoms. The summed E-state index contributed by atoms with van der Waals surface area (Å²) in [5, 5.41) is 0. The zero-order valence-corrected chi connectivity index (χ0v) is 5.15. The van der Waals surface area contributed by atoms with E-state index in [0.29, 0.717) is 12.2 Å². The van der Waals surface area contributed by atoms with Crippen molar-refractivity contribution in [2.75, 3.05) is 5.75 Å². The average Bonchev–Trinajstić information content (AvgIpc) is 1.61. The van der Waals surface area contributed by atoms with Gasteiger partial charge in [0.2, 0.25) is 0 Å². The summed E-state index contributed by atoms with van der Waals surface area (Å²) in [5.74, 6) is 0.297. The largest absolute Gasteiger partial charge is 0.232 e. The Labute approximate surface area is 45.5 Å². The van der Waals surface area contributed by atoms with E-state index in [2.05, 4.69) is 0 Å². The van der Waals surface area contributed by atoms with Crippen molar-refractivity contribution >= 4 is 10.7 Å². The highest BCUT2D eigenvalue weighted by Gasteiger charge is 1.81. The maximum atomic E-state index is 9.78. The van der Waals surface area contributed by atoms with Crippen molar-refractivity contribution < 1.29 is 8.42 Å². The minimum Gasteiger partial charge on any atom is -0.232 e. The molecule has 0 aromatic heterocycles. The van der Waals surface area contributed by atoms with Crippen LogP contribution in [0.3, 0.4) is 0 Å². The molecule has 0 saturated carbocycles. The van der Waals surface area contributed by atoms with Crippen LogP contribution in [-0.4, -0.2) is 14.2 Å². The second-order valence-corrected chi connectivity index (χ2v) is 2.37. The highest BCUT2D eigenvalue weighted by atomic mass is 32.2. The van der Waals surface area contributed by atoms with Gasteiger partial charge in [-0.25, -0.2) is 8.42 Å². The third kappa shape index (κ3) is 5.95. The lowest BCUT2D eigenvalue weighted by atomic mass is 10.4. The molecule has 0 aliphatic heterocycles. The van der Waals surface area contributed by atoms with Crippen LogP contribution in [0.2, 0.25) is 0 Å². The second kappa shape index (κ2) is 4.12. The molecule has 0 aromatic rings. The van der Waals surface area contributed by atoms with Gasteiger partial charge in [0.1, 0.15) is 10.7 Å². The van der Waals surface area contributed by atoms with Crippen molar-refractivity contribution in [1.29, 1.82) is 0 Å². The second-order valence-electron chi connectivity index (χ2n) is 1.25. The zero-order chi connectivity index (χ0) is 5.70. The molecule has 3 heteroatoms. The van der Waals surface area contributed by atoms with Gasteiger partial charge in [-0.15, -0.1) is 0 Å². The molecule has 0 saturated heterocycles. The first-order valence-electron chi connectivity index (χ1n) is 2.17. The van der Waals surface area contributed by atoms with E-state index >= 15 is 0 Å². The van der Waals surface area contributed by atoms with Gasteiger partial charge in [-0.05, 0) is 12.8 Å². The average molecular weight is 121 g/mol. The lowest BCUT2D eigenvalue weighted by molar-refractivity contribution is 0.613. The minimum atomic E-state index is -2.14. The van der Waals surface area contributed by atoms with Gasteiger partial charge in [0, 0.05) is 5.75 Å². The van der Waals surface area contributed by atoms with E-state index in [4.69, 9.17) is 0 Å². The smallest absolute Gasteiger partial charge is 0.140 e. The van der Waals surface area contributed by atoms with Gasteiger partial charge in [0.15, 0.2) is 0 Å². The van der Waals surface area contributed by atoms with Crippen LogP contribution in [0.25, 0.3) is 0 Å². The molecule has 0 unspecified atom stereocenters. The summed E-state index contributed by atoms with van der Waals surface area (Å²) in [6, 6.07) is 0. The van der Waals surface area contributed by atoms with E-state index in [1.165, 1.54) is 0 Å². The maximum Gasteiger partial charge on any atom is 0.140 e. The Morgan fingerprint density at radius 3 is 2.29 bits per heavy atom. The minimum absolute atomic E-state index is 0.297. The molecule has 0 aliphatic rings. The molecule has 0 aliphatic carbocycles. The molecule has 0 rings (SSSR count). The Balaban J connectivity index is 2.98. The standard InChI is InChI=1S/C4H9O2S/c1-2-3-4-7(5)6/h2,7H,3-4H2,1H3. The summed E-state index contributed by atoms with van der Waals surface area (Å²) in [7, 11) is -2.14. The molecule has 2 nitrogen and oxygen atoms in total. The SMILES string of the molecule is C[CH]CC[SH](=O)=O. The fourth-order valence-corrected chi connectivity index (χ4v) is 0.704. The summed E-state index contributed by atoms with van der Waals surface area (Å²) in [6.07, 6.45) is 2.52. The van der Waals surface area contributed by atoms with E-state index in [1.807, 2.05) is 13.3 Å². The van der Waals surface area contributed by atoms with Crippen LogP contribution < -0.4 is 0 Å². The van der Waals surface area contributed by atoms with E-state index in [9.17, 15) is 8.42 Å². The van der Waals surface area contributed by atoms with Crippen LogP contribution in [0.1, 0.15) is 13.3 Å². The molecule has 43 valence electrons. The molecule has 0 heterocycles. The molecule has 0 spiro atoms. The first kappa shape index (κ1) is 6.95. The molecule has 0 N–H and O–H groups in total. The lowest BCUT2D eigenvalue weighted by Crippen LogP contribution is -1.84. The third-order valence-electron chi connectivity index (χ3n) is 0.600. The number of hydrogen-bond acceptors (Lipinski definition) is 2. The molecule has 0 atom stereocenters. The summed E-state index contributed by atoms with van der Waals surface area (Å²) in [6.45, 7) is 1.85. The Kier molecular flexibility index (Phi) is 4.09. The summed E-state index contributed by atoms with van der Waals surface area (Å²) >= 11 is 0. The van der Waals surface area contributed by atoms with Gasteiger partial charge in [0.05, 0.1) is 0 Å². The van der Waals surface area contributed by atoms with Gasteiger partial charge in [0.25, 0.3) is 0 Å². The van der Waals surface area contributed by atoms with Crippen molar-refractivity contribution in [2.45, 2.75) is 13.3 Å². The molecular formula is C4H9O2S. The Morgan fingerprint density at radius 1 is 1.57 bits per heavy atom. The molecule has 1 radical (unpaired) electrons. The normalized spacial score (nSPS) is 10.0. The monoisotopic (exact) mass is 121 g/mol. The van der Waals surface area contributed by atoms with Crippen LogP contribution in [0.15, 0.2) is 0 Å². The molecule has 0 amide bonds. The molecule has 0 bridgehead atoms. The Morgan fingerprint density at radius 2 is 2.14 bits per heavy atom. The number of unbranched alkanes of at least 4 members (excludes halogenated alkanes) is 1. The topological polar surface area (TPSA) is 34.1 Å². The van der Waals surface area contributed by atoms with E-state index in [-0.39, 0.29) is 0 Å². The van der Waals surface area contributed by atoms with Crippen LogP contribution >= 0.6 is 0 Å². The van der Waals surface area contributed by atoms with Gasteiger partial charge in [-0.1, -0.05) is 6.92 Å². The summed E-state index contributed by atoms with van der Waals surface area (Å²) in [4.78, 5) is 0. The summed E-state index contributed by atoms with van der Waals surface area (Å²) < 4.78 is 19.6. The third-order valence-corrected chi connectivity index (χ3v) is 1.22. The number of hydrogen-bond donors (Lipinski definition) is 1. The highest BCUT2D eigenvalue weighted by Crippen LogP contribution is 1.82. The quantitative estimate of drug-likeness (QED) is 0.542. The predicted octanol–water partition coefficient (Wildman–Crippen LogP) is 0.212. The van der Waals surface area contributed by atoms with Crippen molar-refractivity contribution in [2.24, 2.45) is 0 Å². The van der Waals surface area contributed by atoms with Crippen molar-refractivity contribution in [3.05, 3.63) is 6.42 Å². The first-order valence-corrected chi connectivity index (χ1v) is 3.53. The van der Waals surface area contributed by atoms with E-state index in [0.717, 1.165) is 0 Å². The van der Waals surface area contributed by atoms with Crippen LogP contribution in [-0.2, 0) is 10.7 Å². The van der Waals surface area contributed by atoms with Gasteiger partial charge in [-0.3, -0.25) is 0 Å². The Bertz CT molecular complexity index is 87.9. The fraction of sp³-hybridized carbons (Fsp3) is 0.750. The highest BCUT2D eigenvalue weighted by molar-refractivity contribution is 7.72. The van der Waals surface area contributed by atoms with E-state index < -0.39 is 10.7 Å². The Hall–Kier alpha value is -0.0500. The lowest BCUT2D eigenvalue weighted by Gasteiger charge is -1.80. The molecule has 0 fully saturated rings. The van der Waals surface area contributed by atoms with Crippen molar-refractivity contribution in [3.63, 3.8) is 0 Å². The predicted molar refractivity (Wildman–Crippen MR) is 29.8 cm³/mol. The van der Waals surface area contributed by atoms with Gasteiger partial charge >= 0.3 is 0 Å². The molecule has 0 aromatic carbocycles. The van der Waals surface area contributed by atoms with Gasteiger partial charge in [-0.2, -0.15) is 0 Å². The van der Waals surface area contributed by atoms with Crippen LogP contribution in [0.4, 0.5) is 0 Å². The van der Waals surface area contributed by atoms with Crippen LogP contribution in [0.5, 0.6) is 0 Å². The van der Waals surface area contributed by atoms with Crippen LogP contribution in [0, 0.1) is 6.42 Å².